The number of carbonyl (C=O) groups excluding carboxylic acids is 1. The van der Waals surface area contributed by atoms with Crippen LogP contribution in [0.15, 0.2) is 18.3 Å². The molecular formula is C15H22N2O4. The van der Waals surface area contributed by atoms with E-state index in [1.54, 1.807) is 25.4 Å². The van der Waals surface area contributed by atoms with E-state index in [-0.39, 0.29) is 12.0 Å². The second-order valence-corrected chi connectivity index (χ2v) is 4.91. The Kier molecular flexibility index (Phi) is 6.43. The van der Waals surface area contributed by atoms with Gasteiger partial charge < -0.3 is 19.5 Å². The Hall–Kier alpha value is -1.66. The summed E-state index contributed by atoms with van der Waals surface area (Å²) in [5.41, 5.74) is 0.560. The Balaban J connectivity index is 1.85. The molecule has 0 aromatic carbocycles. The number of nitrogens with one attached hydrogen (secondary N) is 1. The number of methoxy groups -OCH3 is 1. The van der Waals surface area contributed by atoms with Gasteiger partial charge in [0.2, 0.25) is 5.88 Å². The van der Waals surface area contributed by atoms with E-state index in [0.29, 0.717) is 37.8 Å². The molecule has 21 heavy (non-hydrogen) atoms. The fourth-order valence-corrected chi connectivity index (χ4v) is 2.10. The van der Waals surface area contributed by atoms with E-state index in [2.05, 4.69) is 10.3 Å². The van der Waals surface area contributed by atoms with Gasteiger partial charge in [-0.15, -0.1) is 0 Å². The SMILES string of the molecule is COCCCNC(=O)c1ccnc(OC2CCOCC2)c1. The third-order valence-electron chi connectivity index (χ3n) is 3.26. The average Bonchev–Trinajstić information content (AvgIpc) is 2.53. The molecule has 1 aromatic heterocycles. The number of ether oxygens (including phenoxy) is 3. The Morgan fingerprint density at radius 2 is 2.29 bits per heavy atom. The molecule has 0 atom stereocenters. The van der Waals surface area contributed by atoms with Crippen molar-refractivity contribution in [3.63, 3.8) is 0 Å². The van der Waals surface area contributed by atoms with E-state index >= 15 is 0 Å². The molecule has 2 rings (SSSR count). The van der Waals surface area contributed by atoms with Crippen molar-refractivity contribution in [3.05, 3.63) is 23.9 Å². The first-order valence-electron chi connectivity index (χ1n) is 7.27. The molecule has 1 amide bonds. The summed E-state index contributed by atoms with van der Waals surface area (Å²) in [4.78, 5) is 16.2. The van der Waals surface area contributed by atoms with E-state index in [0.717, 1.165) is 19.3 Å². The standard InChI is InChI=1S/C15H22N2O4/c1-19-8-2-6-17-15(18)12-3-7-16-14(11-12)21-13-4-9-20-10-5-13/h3,7,11,13H,2,4-6,8-10H2,1H3,(H,17,18). The first kappa shape index (κ1) is 15.7. The van der Waals surface area contributed by atoms with Crippen molar-refractivity contribution >= 4 is 5.91 Å². The smallest absolute Gasteiger partial charge is 0.251 e. The third kappa shape index (κ3) is 5.32. The van der Waals surface area contributed by atoms with Gasteiger partial charge in [0, 0.05) is 50.9 Å². The van der Waals surface area contributed by atoms with Crippen molar-refractivity contribution in [3.8, 4) is 5.88 Å². The highest BCUT2D eigenvalue weighted by atomic mass is 16.5. The van der Waals surface area contributed by atoms with Crippen LogP contribution in [0.4, 0.5) is 0 Å². The van der Waals surface area contributed by atoms with E-state index in [9.17, 15) is 4.79 Å². The number of aromatic nitrogens is 1. The second-order valence-electron chi connectivity index (χ2n) is 4.91. The van der Waals surface area contributed by atoms with Crippen LogP contribution in [0.25, 0.3) is 0 Å². The van der Waals surface area contributed by atoms with Gasteiger partial charge in [-0.05, 0) is 12.5 Å². The predicted octanol–water partition coefficient (Wildman–Crippen LogP) is 1.41. The Labute approximate surface area is 124 Å². The third-order valence-corrected chi connectivity index (χ3v) is 3.26. The first-order chi connectivity index (χ1) is 10.3. The zero-order valence-corrected chi connectivity index (χ0v) is 12.3. The van der Waals surface area contributed by atoms with E-state index in [1.807, 2.05) is 0 Å². The summed E-state index contributed by atoms with van der Waals surface area (Å²) in [6.45, 7) is 2.65. The number of hydrogen-bond donors (Lipinski definition) is 1. The molecule has 1 fully saturated rings. The van der Waals surface area contributed by atoms with Crippen molar-refractivity contribution in [1.29, 1.82) is 0 Å². The van der Waals surface area contributed by atoms with E-state index in [1.165, 1.54) is 0 Å². The minimum Gasteiger partial charge on any atom is -0.474 e. The van der Waals surface area contributed by atoms with Crippen LogP contribution in [0, 0.1) is 0 Å². The van der Waals surface area contributed by atoms with Gasteiger partial charge in [0.15, 0.2) is 0 Å². The van der Waals surface area contributed by atoms with Crippen LogP contribution in [0.1, 0.15) is 29.6 Å². The Morgan fingerprint density at radius 1 is 1.48 bits per heavy atom. The Morgan fingerprint density at radius 3 is 3.05 bits per heavy atom. The summed E-state index contributed by atoms with van der Waals surface area (Å²) >= 11 is 0. The second kappa shape index (κ2) is 8.59. The monoisotopic (exact) mass is 294 g/mol. The summed E-state index contributed by atoms with van der Waals surface area (Å²) in [5.74, 6) is 0.372. The molecule has 6 nitrogen and oxygen atoms in total. The number of pyridine rings is 1. The minimum atomic E-state index is -0.120. The van der Waals surface area contributed by atoms with Crippen LogP contribution in [0.2, 0.25) is 0 Å². The van der Waals surface area contributed by atoms with Crippen molar-refractivity contribution < 1.29 is 19.0 Å². The molecule has 1 N–H and O–H groups in total. The van der Waals surface area contributed by atoms with E-state index < -0.39 is 0 Å². The molecular weight excluding hydrogens is 272 g/mol. The van der Waals surface area contributed by atoms with Gasteiger partial charge in [0.05, 0.1) is 13.2 Å². The molecule has 116 valence electrons. The quantitative estimate of drug-likeness (QED) is 0.770. The fraction of sp³-hybridized carbons (Fsp3) is 0.600. The molecule has 6 heteroatoms. The van der Waals surface area contributed by atoms with E-state index in [4.69, 9.17) is 14.2 Å². The molecule has 1 saturated heterocycles. The highest BCUT2D eigenvalue weighted by molar-refractivity contribution is 5.94. The maximum atomic E-state index is 12.0. The molecule has 0 saturated carbocycles. The van der Waals surface area contributed by atoms with Gasteiger partial charge in [-0.2, -0.15) is 0 Å². The average molecular weight is 294 g/mol. The number of rotatable bonds is 7. The van der Waals surface area contributed by atoms with Gasteiger partial charge in [-0.3, -0.25) is 4.79 Å². The van der Waals surface area contributed by atoms with Crippen LogP contribution in [-0.4, -0.2) is 50.5 Å². The fourth-order valence-electron chi connectivity index (χ4n) is 2.10. The molecule has 1 aliphatic rings. The lowest BCUT2D eigenvalue weighted by Crippen LogP contribution is -2.27. The normalized spacial score (nSPS) is 15.7. The lowest BCUT2D eigenvalue weighted by molar-refractivity contribution is 0.0237. The van der Waals surface area contributed by atoms with Gasteiger partial charge in [0.25, 0.3) is 5.91 Å². The lowest BCUT2D eigenvalue weighted by Gasteiger charge is -2.22. The van der Waals surface area contributed by atoms with Crippen molar-refractivity contribution in [2.75, 3.05) is 33.5 Å². The van der Waals surface area contributed by atoms with Crippen LogP contribution in [-0.2, 0) is 9.47 Å². The van der Waals surface area contributed by atoms with Gasteiger partial charge in [-0.1, -0.05) is 0 Å². The zero-order valence-electron chi connectivity index (χ0n) is 12.3. The summed E-state index contributed by atoms with van der Waals surface area (Å²) in [6, 6.07) is 3.36. The molecule has 1 aromatic rings. The van der Waals surface area contributed by atoms with Crippen LogP contribution < -0.4 is 10.1 Å². The summed E-state index contributed by atoms with van der Waals surface area (Å²) < 4.78 is 16.0. The van der Waals surface area contributed by atoms with Crippen molar-refractivity contribution in [2.45, 2.75) is 25.4 Å². The zero-order chi connectivity index (χ0) is 14.9. The highest BCUT2D eigenvalue weighted by Gasteiger charge is 2.16. The Bertz CT molecular complexity index is 447. The number of amides is 1. The molecule has 1 aliphatic heterocycles. The summed E-state index contributed by atoms with van der Waals surface area (Å²) in [6.07, 6.45) is 4.22. The summed E-state index contributed by atoms with van der Waals surface area (Å²) in [5, 5.41) is 2.84. The molecule has 0 unspecified atom stereocenters. The maximum Gasteiger partial charge on any atom is 0.251 e. The number of hydrogen-bond acceptors (Lipinski definition) is 5. The van der Waals surface area contributed by atoms with Gasteiger partial charge in [-0.25, -0.2) is 4.98 Å². The van der Waals surface area contributed by atoms with Crippen molar-refractivity contribution in [2.24, 2.45) is 0 Å². The predicted molar refractivity (Wildman–Crippen MR) is 77.5 cm³/mol. The minimum absolute atomic E-state index is 0.117. The molecule has 2 heterocycles. The van der Waals surface area contributed by atoms with Crippen LogP contribution >= 0.6 is 0 Å². The van der Waals surface area contributed by atoms with Crippen LogP contribution in [0.5, 0.6) is 5.88 Å². The number of nitrogens with zero attached hydrogens (tertiary/aromatic N) is 1. The molecule has 0 bridgehead atoms. The van der Waals surface area contributed by atoms with Crippen LogP contribution in [0.3, 0.4) is 0 Å². The molecule has 0 aliphatic carbocycles. The largest absolute Gasteiger partial charge is 0.474 e. The number of carbonyl (C=O) groups is 1. The summed E-state index contributed by atoms with van der Waals surface area (Å²) in [7, 11) is 1.64. The lowest BCUT2D eigenvalue weighted by atomic mass is 10.1. The topological polar surface area (TPSA) is 69.7 Å². The van der Waals surface area contributed by atoms with Crippen molar-refractivity contribution in [1.82, 2.24) is 10.3 Å². The maximum absolute atomic E-state index is 12.0. The molecule has 0 radical (unpaired) electrons. The van der Waals surface area contributed by atoms with Gasteiger partial charge >= 0.3 is 0 Å². The van der Waals surface area contributed by atoms with Gasteiger partial charge in [0.1, 0.15) is 6.10 Å². The first-order valence-corrected chi connectivity index (χ1v) is 7.27. The molecule has 0 spiro atoms. The highest BCUT2D eigenvalue weighted by Crippen LogP contribution is 2.16.